The van der Waals surface area contributed by atoms with Crippen molar-refractivity contribution in [2.45, 2.75) is 24.3 Å². The van der Waals surface area contributed by atoms with Crippen molar-refractivity contribution in [3.05, 3.63) is 59.7 Å². The first-order valence-electron chi connectivity index (χ1n) is 6.68. The lowest BCUT2D eigenvalue weighted by atomic mass is 10.1. The number of benzene rings is 2. The minimum atomic E-state index is -0.354. The Morgan fingerprint density at radius 2 is 1.95 bits per heavy atom. The van der Waals surface area contributed by atoms with E-state index in [-0.39, 0.29) is 6.10 Å². The first-order valence-corrected chi connectivity index (χ1v) is 7.66. The number of aryl methyl sites for hydroxylation is 1. The van der Waals surface area contributed by atoms with Crippen LogP contribution in [-0.2, 0) is 6.42 Å². The average molecular weight is 288 g/mol. The van der Waals surface area contributed by atoms with Crippen molar-refractivity contribution < 1.29 is 9.84 Å². The SMILES string of the molecule is COc1cccc(CC(O)CSc2cccc(C)c2)c1. The van der Waals surface area contributed by atoms with Crippen LogP contribution in [0.5, 0.6) is 5.75 Å². The Hall–Kier alpha value is -1.45. The predicted octanol–water partition coefficient (Wildman–Crippen LogP) is 3.70. The van der Waals surface area contributed by atoms with E-state index in [0.717, 1.165) is 11.3 Å². The van der Waals surface area contributed by atoms with Gasteiger partial charge in [0.2, 0.25) is 0 Å². The van der Waals surface area contributed by atoms with Crippen molar-refractivity contribution in [1.82, 2.24) is 0 Å². The van der Waals surface area contributed by atoms with Crippen LogP contribution in [0.1, 0.15) is 11.1 Å². The molecule has 0 saturated carbocycles. The molecule has 0 saturated heterocycles. The maximum absolute atomic E-state index is 10.1. The van der Waals surface area contributed by atoms with Crippen LogP contribution in [-0.4, -0.2) is 24.1 Å². The highest BCUT2D eigenvalue weighted by Crippen LogP contribution is 2.21. The first-order chi connectivity index (χ1) is 9.67. The zero-order valence-corrected chi connectivity index (χ0v) is 12.7. The second kappa shape index (κ2) is 7.36. The van der Waals surface area contributed by atoms with E-state index in [1.165, 1.54) is 10.5 Å². The van der Waals surface area contributed by atoms with E-state index in [9.17, 15) is 5.11 Å². The van der Waals surface area contributed by atoms with Crippen LogP contribution in [0.25, 0.3) is 0 Å². The summed E-state index contributed by atoms with van der Waals surface area (Å²) in [6.07, 6.45) is 0.295. The topological polar surface area (TPSA) is 29.5 Å². The normalized spacial score (nSPS) is 12.2. The molecule has 2 aromatic rings. The Morgan fingerprint density at radius 1 is 1.15 bits per heavy atom. The van der Waals surface area contributed by atoms with Gasteiger partial charge < -0.3 is 9.84 Å². The van der Waals surface area contributed by atoms with Gasteiger partial charge in [-0.2, -0.15) is 0 Å². The quantitative estimate of drug-likeness (QED) is 0.822. The summed E-state index contributed by atoms with van der Waals surface area (Å²) in [5.74, 6) is 1.53. The van der Waals surface area contributed by atoms with Gasteiger partial charge in [-0.05, 0) is 43.2 Å². The van der Waals surface area contributed by atoms with Crippen molar-refractivity contribution in [3.63, 3.8) is 0 Å². The summed E-state index contributed by atoms with van der Waals surface area (Å²) in [6, 6.07) is 16.2. The monoisotopic (exact) mass is 288 g/mol. The second-order valence-electron chi connectivity index (χ2n) is 4.84. The van der Waals surface area contributed by atoms with E-state index in [0.29, 0.717) is 12.2 Å². The van der Waals surface area contributed by atoms with Gasteiger partial charge in [-0.15, -0.1) is 11.8 Å². The Kier molecular flexibility index (Phi) is 5.50. The van der Waals surface area contributed by atoms with Crippen molar-refractivity contribution >= 4 is 11.8 Å². The Balaban J connectivity index is 1.87. The summed E-state index contributed by atoms with van der Waals surface area (Å²) in [4.78, 5) is 1.20. The number of thioether (sulfide) groups is 1. The molecule has 0 amide bonds. The number of ether oxygens (including phenoxy) is 1. The van der Waals surface area contributed by atoms with Crippen LogP contribution >= 0.6 is 11.8 Å². The van der Waals surface area contributed by atoms with Crippen LogP contribution in [0.3, 0.4) is 0 Å². The van der Waals surface area contributed by atoms with E-state index < -0.39 is 0 Å². The fourth-order valence-electron chi connectivity index (χ4n) is 2.03. The molecule has 0 aliphatic rings. The molecule has 0 aliphatic heterocycles. The van der Waals surface area contributed by atoms with Crippen LogP contribution < -0.4 is 4.74 Å². The van der Waals surface area contributed by atoms with Gasteiger partial charge in [-0.3, -0.25) is 0 Å². The maximum atomic E-state index is 10.1. The molecule has 3 heteroatoms. The molecule has 20 heavy (non-hydrogen) atoms. The summed E-state index contributed by atoms with van der Waals surface area (Å²) in [5, 5.41) is 10.1. The fourth-order valence-corrected chi connectivity index (χ4v) is 2.97. The van der Waals surface area contributed by atoms with Crippen LogP contribution in [0, 0.1) is 6.92 Å². The van der Waals surface area contributed by atoms with Gasteiger partial charge in [-0.25, -0.2) is 0 Å². The van der Waals surface area contributed by atoms with E-state index in [4.69, 9.17) is 4.74 Å². The van der Waals surface area contributed by atoms with E-state index >= 15 is 0 Å². The molecule has 1 unspecified atom stereocenters. The third kappa shape index (κ3) is 4.58. The highest BCUT2D eigenvalue weighted by molar-refractivity contribution is 7.99. The first kappa shape index (κ1) is 14.9. The molecule has 106 valence electrons. The van der Waals surface area contributed by atoms with Gasteiger partial charge in [0.25, 0.3) is 0 Å². The number of aliphatic hydroxyl groups excluding tert-OH is 1. The Bertz CT molecular complexity index is 554. The van der Waals surface area contributed by atoms with Crippen molar-refractivity contribution in [1.29, 1.82) is 0 Å². The molecule has 0 heterocycles. The lowest BCUT2D eigenvalue weighted by Gasteiger charge is -2.11. The Morgan fingerprint density at radius 3 is 2.70 bits per heavy atom. The lowest BCUT2D eigenvalue weighted by Crippen LogP contribution is -2.13. The molecule has 2 nitrogen and oxygen atoms in total. The zero-order chi connectivity index (χ0) is 14.4. The number of hydrogen-bond acceptors (Lipinski definition) is 3. The molecule has 0 aromatic heterocycles. The molecule has 1 N–H and O–H groups in total. The van der Waals surface area contributed by atoms with Crippen LogP contribution in [0.2, 0.25) is 0 Å². The fraction of sp³-hybridized carbons (Fsp3) is 0.294. The van der Waals surface area contributed by atoms with E-state index in [1.54, 1.807) is 18.9 Å². The van der Waals surface area contributed by atoms with Crippen molar-refractivity contribution in [2.24, 2.45) is 0 Å². The van der Waals surface area contributed by atoms with Gasteiger partial charge in [0.1, 0.15) is 5.75 Å². The molecule has 0 fully saturated rings. The average Bonchev–Trinajstić information content (AvgIpc) is 2.45. The minimum Gasteiger partial charge on any atom is -0.497 e. The lowest BCUT2D eigenvalue weighted by molar-refractivity contribution is 0.200. The number of rotatable bonds is 6. The van der Waals surface area contributed by atoms with Gasteiger partial charge in [0.05, 0.1) is 13.2 Å². The van der Waals surface area contributed by atoms with Crippen molar-refractivity contribution in [3.8, 4) is 5.75 Å². The standard InChI is InChI=1S/C17H20O2S/c1-13-5-3-8-17(9-13)20-12-15(18)10-14-6-4-7-16(11-14)19-2/h3-9,11,15,18H,10,12H2,1-2H3. The third-order valence-electron chi connectivity index (χ3n) is 3.04. The van der Waals surface area contributed by atoms with Crippen LogP contribution in [0.15, 0.2) is 53.4 Å². The van der Waals surface area contributed by atoms with Gasteiger partial charge >= 0.3 is 0 Å². The predicted molar refractivity (Wildman–Crippen MR) is 84.6 cm³/mol. The highest BCUT2D eigenvalue weighted by Gasteiger charge is 2.07. The molecule has 0 spiro atoms. The summed E-state index contributed by atoms with van der Waals surface area (Å²) in [7, 11) is 1.66. The van der Waals surface area contributed by atoms with Gasteiger partial charge in [0, 0.05) is 10.6 Å². The third-order valence-corrected chi connectivity index (χ3v) is 4.18. The van der Waals surface area contributed by atoms with Gasteiger partial charge in [-0.1, -0.05) is 29.8 Å². The number of methoxy groups -OCH3 is 1. The molecule has 1 atom stereocenters. The zero-order valence-electron chi connectivity index (χ0n) is 11.9. The molecule has 2 rings (SSSR count). The van der Waals surface area contributed by atoms with Crippen molar-refractivity contribution in [2.75, 3.05) is 12.9 Å². The molecular weight excluding hydrogens is 268 g/mol. The number of hydrogen-bond donors (Lipinski definition) is 1. The molecule has 2 aromatic carbocycles. The van der Waals surface area contributed by atoms with E-state index in [2.05, 4.69) is 25.1 Å². The summed E-state index contributed by atoms with van der Waals surface area (Å²) in [6.45, 7) is 2.08. The molecule has 0 aliphatic carbocycles. The van der Waals surface area contributed by atoms with Crippen LogP contribution in [0.4, 0.5) is 0 Å². The maximum Gasteiger partial charge on any atom is 0.119 e. The smallest absolute Gasteiger partial charge is 0.119 e. The largest absolute Gasteiger partial charge is 0.497 e. The number of aliphatic hydroxyl groups is 1. The highest BCUT2D eigenvalue weighted by atomic mass is 32.2. The molecule has 0 bridgehead atoms. The second-order valence-corrected chi connectivity index (χ2v) is 5.93. The molecular formula is C17H20O2S. The minimum absolute atomic E-state index is 0.354. The summed E-state index contributed by atoms with van der Waals surface area (Å²) < 4.78 is 5.19. The van der Waals surface area contributed by atoms with E-state index in [1.807, 2.05) is 30.3 Å². The summed E-state index contributed by atoms with van der Waals surface area (Å²) in [5.41, 5.74) is 2.35. The molecule has 0 radical (unpaired) electrons. The van der Waals surface area contributed by atoms with Gasteiger partial charge in [0.15, 0.2) is 0 Å². The summed E-state index contributed by atoms with van der Waals surface area (Å²) >= 11 is 1.69. The Labute approximate surface area is 124 Å².